The number of carbonyl (C=O) groups excluding carboxylic acids is 1. The first-order valence-electron chi connectivity index (χ1n) is 11.2. The van der Waals surface area contributed by atoms with E-state index in [0.717, 1.165) is 22.6 Å². The minimum atomic E-state index is -4.40. The molecule has 1 atom stereocenters. The number of amides is 1. The second kappa shape index (κ2) is 11.3. The lowest BCUT2D eigenvalue weighted by molar-refractivity contribution is -0.137. The first kappa shape index (κ1) is 27.2. The van der Waals surface area contributed by atoms with Gasteiger partial charge in [-0.25, -0.2) is 13.1 Å². The first-order valence-corrected chi connectivity index (χ1v) is 14.6. The van der Waals surface area contributed by atoms with Gasteiger partial charge in [-0.05, 0) is 60.5 Å². The van der Waals surface area contributed by atoms with Crippen molar-refractivity contribution < 1.29 is 26.4 Å². The van der Waals surface area contributed by atoms with Crippen molar-refractivity contribution in [3.05, 3.63) is 88.4 Å². The molecule has 0 spiro atoms. The highest BCUT2D eigenvalue weighted by atomic mass is 35.5. The Kier molecular flexibility index (Phi) is 8.27. The molecule has 4 rings (SSSR count). The van der Waals surface area contributed by atoms with Crippen molar-refractivity contribution in [1.82, 2.24) is 10.0 Å². The highest BCUT2D eigenvalue weighted by Crippen LogP contribution is 2.50. The van der Waals surface area contributed by atoms with Crippen LogP contribution in [0.2, 0.25) is 5.02 Å². The lowest BCUT2D eigenvalue weighted by Gasteiger charge is -2.18. The number of nitrogens with zero attached hydrogens (tertiary/aromatic N) is 1. The third kappa shape index (κ3) is 6.72. The number of rotatable bonds is 9. The Morgan fingerprint density at radius 2 is 1.68 bits per heavy atom. The number of fused-ring (bicyclic) bond motifs is 1. The van der Waals surface area contributed by atoms with Gasteiger partial charge in [-0.1, -0.05) is 29.8 Å². The SMILES string of the molecule is O=C(NCCCNS(=O)(=O)c1ccc(Cl)cc1)c1cccc2c1[SH](Cc1ccc(C(F)(F)F)cc1)C=N2. The zero-order valence-corrected chi connectivity index (χ0v) is 21.8. The van der Waals surface area contributed by atoms with Crippen LogP contribution in [0, 0.1) is 0 Å². The number of thiol groups is 1. The monoisotopic (exact) mass is 569 g/mol. The van der Waals surface area contributed by atoms with E-state index in [1.807, 2.05) is 0 Å². The summed E-state index contributed by atoms with van der Waals surface area (Å²) >= 11 is 5.79. The van der Waals surface area contributed by atoms with Crippen molar-refractivity contribution >= 4 is 49.7 Å². The zero-order chi connectivity index (χ0) is 26.6. The van der Waals surface area contributed by atoms with Gasteiger partial charge in [0.2, 0.25) is 10.0 Å². The van der Waals surface area contributed by atoms with Crippen molar-refractivity contribution in [1.29, 1.82) is 0 Å². The minimum Gasteiger partial charge on any atom is -0.352 e. The number of alkyl halides is 3. The fourth-order valence-corrected chi connectivity index (χ4v) is 7.05. The molecule has 1 unspecified atom stereocenters. The molecule has 37 heavy (non-hydrogen) atoms. The fraction of sp³-hybridized carbons (Fsp3) is 0.200. The molecular formula is C25H23ClF3N3O3S2. The van der Waals surface area contributed by atoms with Gasteiger partial charge in [0, 0.05) is 34.3 Å². The largest absolute Gasteiger partial charge is 0.416 e. The van der Waals surface area contributed by atoms with Crippen LogP contribution in [0.5, 0.6) is 0 Å². The number of benzene rings is 3. The summed E-state index contributed by atoms with van der Waals surface area (Å²) in [6.45, 7) is 0.366. The van der Waals surface area contributed by atoms with Crippen LogP contribution < -0.4 is 10.0 Å². The van der Waals surface area contributed by atoms with E-state index >= 15 is 0 Å². The standard InChI is InChI=1S/C25H23ClF3N3O3S2/c26-19-9-11-20(12-10-19)37(34,35)32-14-2-13-30-24(33)21-3-1-4-22-23(21)36(16-31-22)15-17-5-7-18(8-6-17)25(27,28)29/h1,3-12,16,32,36H,2,13-15H2,(H,30,33). The van der Waals surface area contributed by atoms with Gasteiger partial charge in [0.15, 0.2) is 0 Å². The predicted octanol–water partition coefficient (Wildman–Crippen LogP) is 5.69. The van der Waals surface area contributed by atoms with E-state index < -0.39 is 32.7 Å². The third-order valence-corrected chi connectivity index (χ3v) is 9.45. The van der Waals surface area contributed by atoms with E-state index in [1.165, 1.54) is 36.4 Å². The van der Waals surface area contributed by atoms with Crippen LogP contribution in [0.25, 0.3) is 0 Å². The molecule has 0 bridgehead atoms. The maximum atomic E-state index is 12.9. The molecule has 0 saturated heterocycles. The molecule has 0 aliphatic carbocycles. The molecule has 0 saturated carbocycles. The summed E-state index contributed by atoms with van der Waals surface area (Å²) in [5.41, 5.74) is 2.90. The van der Waals surface area contributed by atoms with Crippen LogP contribution >= 0.6 is 22.5 Å². The van der Waals surface area contributed by atoms with E-state index in [9.17, 15) is 26.4 Å². The number of nitrogens with one attached hydrogen (secondary N) is 2. The van der Waals surface area contributed by atoms with E-state index in [2.05, 4.69) is 15.0 Å². The molecule has 6 nitrogen and oxygen atoms in total. The smallest absolute Gasteiger partial charge is 0.352 e. The molecule has 0 radical (unpaired) electrons. The molecule has 3 aromatic rings. The Morgan fingerprint density at radius 3 is 2.35 bits per heavy atom. The van der Waals surface area contributed by atoms with Crippen LogP contribution in [-0.4, -0.2) is 33.0 Å². The summed E-state index contributed by atoms with van der Waals surface area (Å²) in [6.07, 6.45) is -4.03. The molecule has 1 aliphatic heterocycles. The van der Waals surface area contributed by atoms with Gasteiger partial charge >= 0.3 is 6.18 Å². The lowest BCUT2D eigenvalue weighted by Crippen LogP contribution is -2.30. The number of carbonyl (C=O) groups is 1. The van der Waals surface area contributed by atoms with Crippen molar-refractivity contribution in [3.63, 3.8) is 0 Å². The van der Waals surface area contributed by atoms with Crippen molar-refractivity contribution in [2.75, 3.05) is 13.1 Å². The molecule has 12 heteroatoms. The first-order chi connectivity index (χ1) is 17.5. The van der Waals surface area contributed by atoms with Crippen LogP contribution in [0.1, 0.15) is 27.9 Å². The fourth-order valence-electron chi connectivity index (χ4n) is 3.72. The van der Waals surface area contributed by atoms with Crippen molar-refractivity contribution in [2.24, 2.45) is 4.99 Å². The average molecular weight is 570 g/mol. The van der Waals surface area contributed by atoms with E-state index in [1.54, 1.807) is 23.7 Å². The second-order valence-electron chi connectivity index (χ2n) is 8.20. The summed E-state index contributed by atoms with van der Waals surface area (Å²) in [6, 6.07) is 16.0. The summed E-state index contributed by atoms with van der Waals surface area (Å²) in [5, 5.41) is 3.24. The highest BCUT2D eigenvalue weighted by Gasteiger charge is 2.30. The van der Waals surface area contributed by atoms with Gasteiger partial charge in [-0.2, -0.15) is 24.1 Å². The summed E-state index contributed by atoms with van der Waals surface area (Å²) in [4.78, 5) is 18.2. The molecule has 1 aliphatic rings. The number of aliphatic imine (C=N–C) groups is 1. The number of hydrogen-bond donors (Lipinski definition) is 3. The van der Waals surface area contributed by atoms with Gasteiger partial charge in [0.25, 0.3) is 5.91 Å². The topological polar surface area (TPSA) is 87.6 Å². The van der Waals surface area contributed by atoms with Crippen LogP contribution in [-0.2, 0) is 22.0 Å². The number of hydrogen-bond acceptors (Lipinski definition) is 4. The maximum Gasteiger partial charge on any atom is 0.416 e. The normalized spacial score (nSPS) is 15.9. The average Bonchev–Trinajstić information content (AvgIpc) is 3.26. The van der Waals surface area contributed by atoms with Crippen molar-refractivity contribution in [2.45, 2.75) is 28.1 Å². The van der Waals surface area contributed by atoms with Gasteiger partial charge in [0.1, 0.15) is 0 Å². The Labute approximate surface area is 220 Å². The van der Waals surface area contributed by atoms with Crippen LogP contribution in [0.3, 0.4) is 0 Å². The number of halogens is 4. The lowest BCUT2D eigenvalue weighted by atomic mass is 10.1. The highest BCUT2D eigenvalue weighted by molar-refractivity contribution is 8.28. The summed E-state index contributed by atoms with van der Waals surface area (Å²) in [5.74, 6) is 0.142. The van der Waals surface area contributed by atoms with Gasteiger partial charge in [0.05, 0.1) is 21.7 Å². The van der Waals surface area contributed by atoms with Crippen LogP contribution in [0.15, 0.2) is 81.5 Å². The van der Waals surface area contributed by atoms with Gasteiger partial charge in [-0.3, -0.25) is 9.79 Å². The van der Waals surface area contributed by atoms with Gasteiger partial charge in [-0.15, -0.1) is 0 Å². The Balaban J connectivity index is 1.34. The molecule has 1 heterocycles. The quantitative estimate of drug-likeness (QED) is 0.228. The molecule has 0 aromatic heterocycles. The molecule has 196 valence electrons. The molecule has 2 N–H and O–H groups in total. The molecular weight excluding hydrogens is 547 g/mol. The summed E-state index contributed by atoms with van der Waals surface area (Å²) in [7, 11) is -4.71. The molecule has 0 fully saturated rings. The van der Waals surface area contributed by atoms with Gasteiger partial charge < -0.3 is 5.32 Å². The van der Waals surface area contributed by atoms with E-state index in [4.69, 9.17) is 11.6 Å². The van der Waals surface area contributed by atoms with E-state index in [-0.39, 0.29) is 23.9 Å². The maximum absolute atomic E-state index is 12.9. The molecule has 1 amide bonds. The zero-order valence-electron chi connectivity index (χ0n) is 19.3. The van der Waals surface area contributed by atoms with Crippen LogP contribution in [0.4, 0.5) is 18.9 Å². The Morgan fingerprint density at radius 1 is 0.973 bits per heavy atom. The molecule has 3 aromatic carbocycles. The minimum absolute atomic E-state index is 0.0992. The second-order valence-corrected chi connectivity index (χ2v) is 12.3. The number of sulfonamides is 1. The van der Waals surface area contributed by atoms with Crippen molar-refractivity contribution in [3.8, 4) is 0 Å². The van der Waals surface area contributed by atoms with E-state index in [0.29, 0.717) is 28.4 Å². The third-order valence-electron chi connectivity index (χ3n) is 5.57. The predicted molar refractivity (Wildman–Crippen MR) is 141 cm³/mol. The Bertz CT molecular complexity index is 1410. The summed E-state index contributed by atoms with van der Waals surface area (Å²) < 4.78 is 65.7. The Hall–Kier alpha value is -2.86.